The highest BCUT2D eigenvalue weighted by Crippen LogP contribution is 2.39. The lowest BCUT2D eigenvalue weighted by molar-refractivity contribution is -0.126. The van der Waals surface area contributed by atoms with Crippen LogP contribution in [0.4, 0.5) is 0 Å². The zero-order valence-electron chi connectivity index (χ0n) is 31.5. The Morgan fingerprint density at radius 1 is 0.500 bits per heavy atom. The molecule has 12 nitrogen and oxygen atoms in total. The van der Waals surface area contributed by atoms with Crippen molar-refractivity contribution in [1.29, 1.82) is 0 Å². The molecule has 0 unspecified atom stereocenters. The van der Waals surface area contributed by atoms with Gasteiger partial charge in [0.25, 0.3) is 0 Å². The van der Waals surface area contributed by atoms with Gasteiger partial charge in [-0.05, 0) is 61.3 Å². The number of hydrogen-bond acceptors (Lipinski definition) is 10. The Morgan fingerprint density at radius 2 is 0.865 bits per heavy atom. The van der Waals surface area contributed by atoms with E-state index in [4.69, 9.17) is 28.4 Å². The molecule has 0 aromatic heterocycles. The van der Waals surface area contributed by atoms with Crippen LogP contribution in [0.1, 0.15) is 24.0 Å². The van der Waals surface area contributed by atoms with Gasteiger partial charge >= 0.3 is 0 Å². The van der Waals surface area contributed by atoms with E-state index in [1.54, 1.807) is 67.0 Å². The number of methoxy groups -OCH3 is 6. The molecule has 0 spiro atoms. The zero-order valence-corrected chi connectivity index (χ0v) is 31.5. The minimum atomic E-state index is 0.0133. The lowest BCUT2D eigenvalue weighted by Gasteiger charge is -2.26. The molecule has 2 aliphatic rings. The third kappa shape index (κ3) is 11.3. The summed E-state index contributed by atoms with van der Waals surface area (Å²) < 4.78 is 32.5. The average molecular weight is 719 g/mol. The molecule has 282 valence electrons. The van der Waals surface area contributed by atoms with E-state index in [0.29, 0.717) is 47.6 Å². The predicted octanol–water partition coefficient (Wildman–Crippen LogP) is 4.65. The van der Waals surface area contributed by atoms with Crippen LogP contribution in [-0.2, 0) is 9.59 Å². The first kappa shape index (κ1) is 39.8. The number of rotatable bonds is 15. The summed E-state index contributed by atoms with van der Waals surface area (Å²) in [7, 11) is 9.48. The molecule has 0 saturated carbocycles. The van der Waals surface area contributed by atoms with Crippen molar-refractivity contribution in [2.45, 2.75) is 12.8 Å². The normalized spacial score (nSPS) is 16.4. The van der Waals surface area contributed by atoms with Crippen LogP contribution < -0.4 is 28.4 Å². The van der Waals surface area contributed by atoms with E-state index in [9.17, 15) is 9.59 Å². The van der Waals surface area contributed by atoms with Crippen LogP contribution in [0.2, 0.25) is 0 Å². The number of nitrogens with zero attached hydrogens (tertiary/aromatic N) is 4. The number of benzene rings is 2. The number of ether oxygens (including phenoxy) is 6. The first-order valence-electron chi connectivity index (χ1n) is 17.7. The van der Waals surface area contributed by atoms with Crippen LogP contribution >= 0.6 is 0 Å². The molecule has 0 aliphatic carbocycles. The van der Waals surface area contributed by atoms with Crippen molar-refractivity contribution >= 4 is 24.0 Å². The number of amides is 2. The largest absolute Gasteiger partial charge is 0.493 e. The fourth-order valence-electron chi connectivity index (χ4n) is 6.33. The number of carbonyl (C=O) groups is 2. The smallest absolute Gasteiger partial charge is 0.246 e. The van der Waals surface area contributed by atoms with Crippen LogP contribution in [0.25, 0.3) is 12.2 Å². The second kappa shape index (κ2) is 20.8. The summed E-state index contributed by atoms with van der Waals surface area (Å²) in [4.78, 5) is 34.7. The van der Waals surface area contributed by atoms with Gasteiger partial charge in [0.05, 0.1) is 42.7 Å². The fourth-order valence-corrected chi connectivity index (χ4v) is 6.33. The molecule has 2 amide bonds. The predicted molar refractivity (Wildman–Crippen MR) is 204 cm³/mol. The highest BCUT2D eigenvalue weighted by Gasteiger charge is 2.21. The molecule has 2 aromatic rings. The Kier molecular flexibility index (Phi) is 15.9. The highest BCUT2D eigenvalue weighted by atomic mass is 16.5. The second-order valence-electron chi connectivity index (χ2n) is 12.4. The summed E-state index contributed by atoms with van der Waals surface area (Å²) >= 11 is 0. The third-order valence-corrected chi connectivity index (χ3v) is 9.18. The summed E-state index contributed by atoms with van der Waals surface area (Å²) in [6.45, 7) is 8.35. The zero-order chi connectivity index (χ0) is 37.3. The summed E-state index contributed by atoms with van der Waals surface area (Å²) in [5, 5.41) is 0. The monoisotopic (exact) mass is 718 g/mol. The van der Waals surface area contributed by atoms with Gasteiger partial charge in [-0.2, -0.15) is 0 Å². The molecule has 2 fully saturated rings. The molecule has 12 heteroatoms. The maximum absolute atomic E-state index is 13.0. The maximum Gasteiger partial charge on any atom is 0.246 e. The van der Waals surface area contributed by atoms with Gasteiger partial charge in [-0.3, -0.25) is 9.59 Å². The molecule has 2 heterocycles. The van der Waals surface area contributed by atoms with Crippen LogP contribution in [0.5, 0.6) is 34.5 Å². The Morgan fingerprint density at radius 3 is 1.19 bits per heavy atom. The van der Waals surface area contributed by atoms with Crippen molar-refractivity contribution in [1.82, 2.24) is 19.6 Å². The van der Waals surface area contributed by atoms with Crippen molar-refractivity contribution in [2.75, 3.05) is 108 Å². The molecular weight excluding hydrogens is 664 g/mol. The standard InChI is InChI=1S/C40H54N4O8/c1-47-33-27-31(28-34(48-2)39(33)51-5)13-7-9-15-37(45)43-19-11-17-41(23-25-43)21-22-42-18-12-20-44(26-24-42)38(46)16-10-8-14-32-29-35(49-3)40(52-6)36(30-32)50-4/h7-10,13-16,27-30H,11-12,17-26H2,1-6H3. The van der Waals surface area contributed by atoms with E-state index in [-0.39, 0.29) is 11.8 Å². The number of allylic oxidation sites excluding steroid dienone is 4. The van der Waals surface area contributed by atoms with E-state index in [0.717, 1.165) is 76.3 Å². The van der Waals surface area contributed by atoms with E-state index >= 15 is 0 Å². The summed E-state index contributed by atoms with van der Waals surface area (Å²) in [6, 6.07) is 7.43. The summed E-state index contributed by atoms with van der Waals surface area (Å²) in [5.74, 6) is 3.41. The van der Waals surface area contributed by atoms with Crippen molar-refractivity contribution in [3.63, 3.8) is 0 Å². The first-order valence-corrected chi connectivity index (χ1v) is 17.7. The molecular formula is C40H54N4O8. The molecule has 0 N–H and O–H groups in total. The Hall–Kier alpha value is -4.94. The molecule has 0 bridgehead atoms. The Bertz CT molecular complexity index is 1440. The minimum Gasteiger partial charge on any atom is -0.493 e. The Balaban J connectivity index is 1.19. The maximum atomic E-state index is 13.0. The van der Waals surface area contributed by atoms with Gasteiger partial charge in [-0.1, -0.05) is 36.5 Å². The number of carbonyl (C=O) groups excluding carboxylic acids is 2. The van der Waals surface area contributed by atoms with Crippen molar-refractivity contribution in [3.8, 4) is 34.5 Å². The highest BCUT2D eigenvalue weighted by molar-refractivity contribution is 5.88. The first-order chi connectivity index (χ1) is 25.3. The van der Waals surface area contributed by atoms with Crippen LogP contribution in [0.3, 0.4) is 0 Å². The van der Waals surface area contributed by atoms with E-state index in [2.05, 4.69) is 9.80 Å². The van der Waals surface area contributed by atoms with Crippen molar-refractivity contribution < 1.29 is 38.0 Å². The third-order valence-electron chi connectivity index (χ3n) is 9.18. The quantitative estimate of drug-likeness (QED) is 0.191. The van der Waals surface area contributed by atoms with Gasteiger partial charge in [-0.15, -0.1) is 0 Å². The van der Waals surface area contributed by atoms with E-state index in [1.807, 2.05) is 58.4 Å². The van der Waals surface area contributed by atoms with Crippen LogP contribution in [-0.4, -0.2) is 140 Å². The van der Waals surface area contributed by atoms with Gasteiger partial charge < -0.3 is 48.0 Å². The summed E-state index contributed by atoms with van der Waals surface area (Å²) in [5.41, 5.74) is 1.74. The molecule has 2 aliphatic heterocycles. The Labute approximate surface area is 308 Å². The summed E-state index contributed by atoms with van der Waals surface area (Å²) in [6.07, 6.45) is 16.1. The van der Waals surface area contributed by atoms with Gasteiger partial charge in [0.1, 0.15) is 0 Å². The van der Waals surface area contributed by atoms with Crippen molar-refractivity contribution in [2.24, 2.45) is 0 Å². The van der Waals surface area contributed by atoms with Gasteiger partial charge in [-0.25, -0.2) is 0 Å². The molecule has 2 aromatic carbocycles. The van der Waals surface area contributed by atoms with Gasteiger partial charge in [0.15, 0.2) is 23.0 Å². The molecule has 2 saturated heterocycles. The lowest BCUT2D eigenvalue weighted by atomic mass is 10.1. The molecule has 0 atom stereocenters. The fraction of sp³-hybridized carbons (Fsp3) is 0.450. The lowest BCUT2D eigenvalue weighted by Crippen LogP contribution is -2.39. The van der Waals surface area contributed by atoms with E-state index < -0.39 is 0 Å². The topological polar surface area (TPSA) is 102 Å². The van der Waals surface area contributed by atoms with Gasteiger partial charge in [0.2, 0.25) is 23.3 Å². The van der Waals surface area contributed by atoms with Crippen LogP contribution in [0.15, 0.2) is 60.7 Å². The molecule has 4 rings (SSSR count). The average Bonchev–Trinajstić information content (AvgIpc) is 3.57. The second-order valence-corrected chi connectivity index (χ2v) is 12.4. The van der Waals surface area contributed by atoms with Gasteiger partial charge in [0, 0.05) is 64.5 Å². The SMILES string of the molecule is COc1cc(C=CC=CC(=O)N2CCCN(CCN3CCCN(C(=O)C=CC=Cc4cc(OC)c(OC)c(OC)c4)CC3)CC2)cc(OC)c1OC. The van der Waals surface area contributed by atoms with Crippen molar-refractivity contribution in [3.05, 3.63) is 71.8 Å². The van der Waals surface area contributed by atoms with E-state index in [1.165, 1.54) is 0 Å². The minimum absolute atomic E-state index is 0.0133. The molecule has 52 heavy (non-hydrogen) atoms. The van der Waals surface area contributed by atoms with Crippen LogP contribution in [0, 0.1) is 0 Å². The number of hydrogen-bond donors (Lipinski definition) is 0. The molecule has 0 radical (unpaired) electrons.